The minimum Gasteiger partial charge on any atom is -0.454 e. The van der Waals surface area contributed by atoms with Crippen molar-refractivity contribution in [1.82, 2.24) is 10.2 Å². The molecule has 1 aromatic rings. The van der Waals surface area contributed by atoms with E-state index in [1.54, 1.807) is 0 Å². The average Bonchev–Trinajstić information content (AvgIpc) is 2.97. The molecule has 1 amide bonds. The SMILES string of the molecule is O=C(CNCc1cccc2c1OCO2)N1CCOCC1. The standard InChI is InChI=1S/C14H18N2O4/c17-13(16-4-6-18-7-5-16)9-15-8-11-2-1-3-12-14(11)20-10-19-12/h1-3,15H,4-10H2. The fourth-order valence-electron chi connectivity index (χ4n) is 2.36. The zero-order valence-electron chi connectivity index (χ0n) is 11.3. The summed E-state index contributed by atoms with van der Waals surface area (Å²) in [6, 6.07) is 5.78. The summed E-state index contributed by atoms with van der Waals surface area (Å²) >= 11 is 0. The molecule has 108 valence electrons. The van der Waals surface area contributed by atoms with Crippen LogP contribution < -0.4 is 14.8 Å². The Hall–Kier alpha value is -1.79. The third-order valence-electron chi connectivity index (χ3n) is 3.43. The lowest BCUT2D eigenvalue weighted by Gasteiger charge is -2.26. The molecule has 6 nitrogen and oxygen atoms in total. The Kier molecular flexibility index (Phi) is 4.03. The van der Waals surface area contributed by atoms with E-state index in [1.807, 2.05) is 23.1 Å². The number of nitrogens with zero attached hydrogens (tertiary/aromatic N) is 1. The van der Waals surface area contributed by atoms with Gasteiger partial charge >= 0.3 is 0 Å². The van der Waals surface area contributed by atoms with E-state index >= 15 is 0 Å². The van der Waals surface area contributed by atoms with Gasteiger partial charge in [-0.05, 0) is 6.07 Å². The number of carbonyl (C=O) groups excluding carboxylic acids is 1. The Morgan fingerprint density at radius 1 is 1.25 bits per heavy atom. The third-order valence-corrected chi connectivity index (χ3v) is 3.43. The first-order chi connectivity index (χ1) is 9.84. The normalized spacial score (nSPS) is 17.3. The Morgan fingerprint density at radius 3 is 2.95 bits per heavy atom. The zero-order chi connectivity index (χ0) is 13.8. The van der Waals surface area contributed by atoms with Gasteiger partial charge in [-0.1, -0.05) is 12.1 Å². The number of morpholine rings is 1. The summed E-state index contributed by atoms with van der Waals surface area (Å²) in [5.41, 5.74) is 1.01. The molecule has 0 saturated carbocycles. The summed E-state index contributed by atoms with van der Waals surface area (Å²) in [4.78, 5) is 13.8. The predicted molar refractivity (Wildman–Crippen MR) is 71.7 cm³/mol. The predicted octanol–water partition coefficient (Wildman–Crippen LogP) is 0.364. The number of rotatable bonds is 4. The van der Waals surface area contributed by atoms with Crippen LogP contribution in [0.25, 0.3) is 0 Å². The smallest absolute Gasteiger partial charge is 0.236 e. The third kappa shape index (κ3) is 2.86. The van der Waals surface area contributed by atoms with Crippen LogP contribution in [0, 0.1) is 0 Å². The van der Waals surface area contributed by atoms with Crippen LogP contribution in [0.15, 0.2) is 18.2 Å². The topological polar surface area (TPSA) is 60.0 Å². The van der Waals surface area contributed by atoms with Crippen LogP contribution in [0.3, 0.4) is 0 Å². The average molecular weight is 278 g/mol. The molecule has 2 aliphatic heterocycles. The molecule has 2 heterocycles. The molecule has 20 heavy (non-hydrogen) atoms. The minimum absolute atomic E-state index is 0.109. The van der Waals surface area contributed by atoms with E-state index in [0.717, 1.165) is 17.1 Å². The molecule has 0 bridgehead atoms. The van der Waals surface area contributed by atoms with Crippen molar-refractivity contribution in [3.05, 3.63) is 23.8 Å². The van der Waals surface area contributed by atoms with Crippen molar-refractivity contribution in [2.75, 3.05) is 39.6 Å². The monoisotopic (exact) mass is 278 g/mol. The second-order valence-electron chi connectivity index (χ2n) is 4.75. The van der Waals surface area contributed by atoms with Crippen LogP contribution in [0.5, 0.6) is 11.5 Å². The van der Waals surface area contributed by atoms with Crippen molar-refractivity contribution in [3.8, 4) is 11.5 Å². The molecule has 1 fully saturated rings. The summed E-state index contributed by atoms with van der Waals surface area (Å²) in [5.74, 6) is 1.65. The lowest BCUT2D eigenvalue weighted by Crippen LogP contribution is -2.44. The quantitative estimate of drug-likeness (QED) is 0.862. The van der Waals surface area contributed by atoms with Crippen LogP contribution in [-0.2, 0) is 16.1 Å². The molecular formula is C14H18N2O4. The second kappa shape index (κ2) is 6.11. The maximum atomic E-state index is 12.0. The Morgan fingerprint density at radius 2 is 2.10 bits per heavy atom. The van der Waals surface area contributed by atoms with Crippen molar-refractivity contribution in [2.45, 2.75) is 6.54 Å². The molecule has 1 saturated heterocycles. The molecule has 3 rings (SSSR count). The summed E-state index contributed by atoms with van der Waals surface area (Å²) < 4.78 is 16.0. The first-order valence-corrected chi connectivity index (χ1v) is 6.78. The molecule has 0 aliphatic carbocycles. The van der Waals surface area contributed by atoms with E-state index in [2.05, 4.69) is 5.32 Å². The fraction of sp³-hybridized carbons (Fsp3) is 0.500. The summed E-state index contributed by atoms with van der Waals surface area (Å²) in [7, 11) is 0. The van der Waals surface area contributed by atoms with Crippen molar-refractivity contribution in [2.24, 2.45) is 0 Å². The van der Waals surface area contributed by atoms with Gasteiger partial charge in [-0.25, -0.2) is 0 Å². The molecule has 1 N–H and O–H groups in total. The van der Waals surface area contributed by atoms with Crippen LogP contribution in [0.4, 0.5) is 0 Å². The molecular weight excluding hydrogens is 260 g/mol. The van der Waals surface area contributed by atoms with Gasteiger partial charge in [-0.15, -0.1) is 0 Å². The number of amides is 1. The van der Waals surface area contributed by atoms with Gasteiger partial charge < -0.3 is 24.4 Å². The highest BCUT2D eigenvalue weighted by Gasteiger charge is 2.18. The van der Waals surface area contributed by atoms with Gasteiger partial charge in [0.15, 0.2) is 11.5 Å². The van der Waals surface area contributed by atoms with E-state index in [-0.39, 0.29) is 12.7 Å². The van der Waals surface area contributed by atoms with Gasteiger partial charge in [0.05, 0.1) is 19.8 Å². The van der Waals surface area contributed by atoms with Gasteiger partial charge in [-0.2, -0.15) is 0 Å². The van der Waals surface area contributed by atoms with Gasteiger partial charge in [-0.3, -0.25) is 4.79 Å². The number of hydrogen-bond acceptors (Lipinski definition) is 5. The van der Waals surface area contributed by atoms with Crippen LogP contribution in [-0.4, -0.2) is 50.4 Å². The summed E-state index contributed by atoms with van der Waals surface area (Å²) in [6.45, 7) is 3.79. The molecule has 0 atom stereocenters. The van der Waals surface area contributed by atoms with E-state index in [1.165, 1.54) is 0 Å². The number of benzene rings is 1. The number of para-hydroxylation sites is 1. The lowest BCUT2D eigenvalue weighted by molar-refractivity contribution is -0.134. The van der Waals surface area contributed by atoms with E-state index in [9.17, 15) is 4.79 Å². The van der Waals surface area contributed by atoms with E-state index in [0.29, 0.717) is 39.4 Å². The van der Waals surface area contributed by atoms with Gasteiger partial charge in [0.25, 0.3) is 0 Å². The van der Waals surface area contributed by atoms with Crippen molar-refractivity contribution in [1.29, 1.82) is 0 Å². The number of fused-ring (bicyclic) bond motifs is 1. The molecule has 0 radical (unpaired) electrons. The summed E-state index contributed by atoms with van der Waals surface area (Å²) in [5, 5.41) is 3.16. The van der Waals surface area contributed by atoms with Crippen LogP contribution >= 0.6 is 0 Å². The van der Waals surface area contributed by atoms with Gasteiger partial charge in [0.1, 0.15) is 0 Å². The summed E-state index contributed by atoms with van der Waals surface area (Å²) in [6.07, 6.45) is 0. The van der Waals surface area contributed by atoms with Crippen molar-refractivity contribution < 1.29 is 19.0 Å². The van der Waals surface area contributed by atoms with Crippen molar-refractivity contribution >= 4 is 5.91 Å². The largest absolute Gasteiger partial charge is 0.454 e. The van der Waals surface area contributed by atoms with E-state index in [4.69, 9.17) is 14.2 Å². The maximum Gasteiger partial charge on any atom is 0.236 e. The first-order valence-electron chi connectivity index (χ1n) is 6.78. The van der Waals surface area contributed by atoms with Gasteiger partial charge in [0.2, 0.25) is 12.7 Å². The number of ether oxygens (including phenoxy) is 3. The number of nitrogens with one attached hydrogen (secondary N) is 1. The number of carbonyl (C=O) groups is 1. The molecule has 0 aromatic heterocycles. The minimum atomic E-state index is 0.109. The fourth-order valence-corrected chi connectivity index (χ4v) is 2.36. The van der Waals surface area contributed by atoms with Gasteiger partial charge in [0, 0.05) is 25.2 Å². The molecule has 0 unspecified atom stereocenters. The second-order valence-corrected chi connectivity index (χ2v) is 4.75. The maximum absolute atomic E-state index is 12.0. The molecule has 6 heteroatoms. The Balaban J connectivity index is 1.50. The molecule has 0 spiro atoms. The highest BCUT2D eigenvalue weighted by molar-refractivity contribution is 5.78. The van der Waals surface area contributed by atoms with Crippen LogP contribution in [0.2, 0.25) is 0 Å². The van der Waals surface area contributed by atoms with E-state index < -0.39 is 0 Å². The molecule has 1 aromatic carbocycles. The first kappa shape index (κ1) is 13.2. The lowest BCUT2D eigenvalue weighted by atomic mass is 10.2. The highest BCUT2D eigenvalue weighted by atomic mass is 16.7. The number of hydrogen-bond donors (Lipinski definition) is 1. The highest BCUT2D eigenvalue weighted by Crippen LogP contribution is 2.35. The Bertz CT molecular complexity index is 486. The van der Waals surface area contributed by atoms with Crippen LogP contribution in [0.1, 0.15) is 5.56 Å². The van der Waals surface area contributed by atoms with Crippen molar-refractivity contribution in [3.63, 3.8) is 0 Å². The zero-order valence-corrected chi connectivity index (χ0v) is 11.3. The molecule has 2 aliphatic rings. The Labute approximate surface area is 117 Å².